The molecule has 1 amide bonds. The summed E-state index contributed by atoms with van der Waals surface area (Å²) in [6.07, 6.45) is -0.792. The van der Waals surface area contributed by atoms with Crippen LogP contribution in [0.3, 0.4) is 0 Å². The first-order valence-electron chi connectivity index (χ1n) is 9.10. The number of ether oxygens (including phenoxy) is 2. The molecule has 0 bridgehead atoms. The Morgan fingerprint density at radius 3 is 2.52 bits per heavy atom. The molecule has 1 heterocycles. The van der Waals surface area contributed by atoms with E-state index in [0.29, 0.717) is 16.7 Å². The van der Waals surface area contributed by atoms with Crippen molar-refractivity contribution in [3.63, 3.8) is 0 Å². The third-order valence-corrected chi connectivity index (χ3v) is 4.15. The number of aromatic amines is 1. The van der Waals surface area contributed by atoms with Crippen LogP contribution in [0.25, 0.3) is 10.9 Å². The van der Waals surface area contributed by atoms with Crippen LogP contribution in [0.15, 0.2) is 59.4 Å². The molecule has 8 heteroatoms. The largest absolute Gasteiger partial charge is 0.484 e. The molecule has 1 aromatic heterocycles. The molecule has 0 spiro atoms. The molecule has 0 saturated heterocycles. The highest BCUT2D eigenvalue weighted by Crippen LogP contribution is 2.15. The minimum Gasteiger partial charge on any atom is -0.484 e. The molecule has 3 aromatic rings. The highest BCUT2D eigenvalue weighted by molar-refractivity contribution is 5.85. The van der Waals surface area contributed by atoms with Gasteiger partial charge in [-0.1, -0.05) is 30.3 Å². The second-order valence-corrected chi connectivity index (χ2v) is 6.44. The number of hydrogen-bond donors (Lipinski definition) is 2. The van der Waals surface area contributed by atoms with Crippen LogP contribution < -0.4 is 15.6 Å². The fourth-order valence-corrected chi connectivity index (χ4v) is 2.64. The van der Waals surface area contributed by atoms with Gasteiger partial charge < -0.3 is 19.8 Å². The monoisotopic (exact) mass is 395 g/mol. The third-order valence-electron chi connectivity index (χ3n) is 4.15. The van der Waals surface area contributed by atoms with E-state index in [9.17, 15) is 14.4 Å². The lowest BCUT2D eigenvalue weighted by molar-refractivity contribution is -0.152. The lowest BCUT2D eigenvalue weighted by Gasteiger charge is -2.17. The van der Waals surface area contributed by atoms with Gasteiger partial charge in [-0.25, -0.2) is 9.78 Å². The molecule has 2 atom stereocenters. The standard InChI is InChI=1S/C21H21N3O5/c1-13(22-18(25)12-28-15-8-4-3-5-9-15)21(27)29-14(2)19-23-17-11-7-6-10-16(17)20(26)24-19/h3-11,13-14H,12H2,1-2H3,(H,22,25)(H,23,24,26)/t13-,14+/m0/s1. The summed E-state index contributed by atoms with van der Waals surface area (Å²) >= 11 is 0. The number of nitrogens with one attached hydrogen (secondary N) is 2. The quantitative estimate of drug-likeness (QED) is 0.593. The molecule has 3 rings (SSSR count). The van der Waals surface area contributed by atoms with Crippen molar-refractivity contribution in [1.82, 2.24) is 15.3 Å². The van der Waals surface area contributed by atoms with Crippen LogP contribution in [0.4, 0.5) is 0 Å². The van der Waals surface area contributed by atoms with Gasteiger partial charge in [-0.2, -0.15) is 0 Å². The number of hydrogen-bond acceptors (Lipinski definition) is 6. The molecule has 0 aliphatic carbocycles. The molecule has 0 aliphatic heterocycles. The number of rotatable bonds is 7. The van der Waals surface area contributed by atoms with E-state index in [1.54, 1.807) is 55.5 Å². The van der Waals surface area contributed by atoms with Gasteiger partial charge in [0, 0.05) is 0 Å². The number of carbonyl (C=O) groups is 2. The number of nitrogens with zero attached hydrogens (tertiary/aromatic N) is 1. The molecule has 0 fully saturated rings. The average molecular weight is 395 g/mol. The smallest absolute Gasteiger partial charge is 0.329 e. The number of H-pyrrole nitrogens is 1. The Hall–Kier alpha value is -3.68. The number of carbonyl (C=O) groups excluding carboxylic acids is 2. The van der Waals surface area contributed by atoms with Crippen molar-refractivity contribution >= 4 is 22.8 Å². The van der Waals surface area contributed by atoms with E-state index in [-0.39, 0.29) is 18.0 Å². The Morgan fingerprint density at radius 1 is 1.07 bits per heavy atom. The lowest BCUT2D eigenvalue weighted by atomic mass is 10.2. The highest BCUT2D eigenvalue weighted by Gasteiger charge is 2.22. The maximum Gasteiger partial charge on any atom is 0.329 e. The van der Waals surface area contributed by atoms with Crippen molar-refractivity contribution in [3.05, 3.63) is 70.8 Å². The SMILES string of the molecule is C[C@H](NC(=O)COc1ccccc1)C(=O)O[C@H](C)c1nc2ccccc2c(=O)[nH]1. The van der Waals surface area contributed by atoms with Crippen LogP contribution in [0.5, 0.6) is 5.75 Å². The van der Waals surface area contributed by atoms with Crippen molar-refractivity contribution in [2.75, 3.05) is 6.61 Å². The summed E-state index contributed by atoms with van der Waals surface area (Å²) in [4.78, 5) is 43.4. The minimum absolute atomic E-state index is 0.225. The van der Waals surface area contributed by atoms with Crippen LogP contribution in [-0.2, 0) is 14.3 Å². The molecular weight excluding hydrogens is 374 g/mol. The van der Waals surface area contributed by atoms with Gasteiger partial charge in [0.2, 0.25) is 0 Å². The van der Waals surface area contributed by atoms with Crippen molar-refractivity contribution in [2.45, 2.75) is 26.0 Å². The summed E-state index contributed by atoms with van der Waals surface area (Å²) in [6, 6.07) is 14.9. The van der Waals surface area contributed by atoms with E-state index in [2.05, 4.69) is 15.3 Å². The van der Waals surface area contributed by atoms with E-state index in [1.807, 2.05) is 6.07 Å². The summed E-state index contributed by atoms with van der Waals surface area (Å²) in [7, 11) is 0. The molecule has 0 radical (unpaired) electrons. The molecule has 150 valence electrons. The number of benzene rings is 2. The summed E-state index contributed by atoms with van der Waals surface area (Å²) in [5, 5.41) is 2.97. The highest BCUT2D eigenvalue weighted by atomic mass is 16.5. The number of amides is 1. The predicted molar refractivity (Wildman–Crippen MR) is 106 cm³/mol. The van der Waals surface area contributed by atoms with Crippen LogP contribution in [0, 0.1) is 0 Å². The Morgan fingerprint density at radius 2 is 1.76 bits per heavy atom. The summed E-state index contributed by atoms with van der Waals surface area (Å²) in [5.41, 5.74) is 0.196. The maximum absolute atomic E-state index is 12.3. The second kappa shape index (κ2) is 9.01. The van der Waals surface area contributed by atoms with Gasteiger partial charge in [0.05, 0.1) is 10.9 Å². The van der Waals surface area contributed by atoms with Gasteiger partial charge in [0.25, 0.3) is 11.5 Å². The minimum atomic E-state index is -0.892. The van der Waals surface area contributed by atoms with Gasteiger partial charge >= 0.3 is 5.97 Å². The Balaban J connectivity index is 1.56. The lowest BCUT2D eigenvalue weighted by Crippen LogP contribution is -2.42. The molecule has 0 unspecified atom stereocenters. The number of aromatic nitrogens is 2. The molecule has 8 nitrogen and oxygen atoms in total. The van der Waals surface area contributed by atoms with Crippen molar-refractivity contribution in [2.24, 2.45) is 0 Å². The zero-order valence-electron chi connectivity index (χ0n) is 16.0. The molecular formula is C21H21N3O5. The summed E-state index contributed by atoms with van der Waals surface area (Å²) < 4.78 is 10.7. The van der Waals surface area contributed by atoms with Crippen LogP contribution in [-0.4, -0.2) is 34.5 Å². The predicted octanol–water partition coefficient (Wildman–Crippen LogP) is 2.11. The third kappa shape index (κ3) is 5.19. The Bertz CT molecular complexity index is 1060. The Kier molecular flexibility index (Phi) is 6.23. The van der Waals surface area contributed by atoms with Crippen molar-refractivity contribution in [1.29, 1.82) is 0 Å². The van der Waals surface area contributed by atoms with Crippen molar-refractivity contribution in [3.8, 4) is 5.75 Å². The number of fused-ring (bicyclic) bond motifs is 1. The molecule has 0 saturated carbocycles. The van der Waals surface area contributed by atoms with Crippen molar-refractivity contribution < 1.29 is 19.1 Å². The first-order chi connectivity index (χ1) is 13.9. The van der Waals surface area contributed by atoms with Crippen LogP contribution in [0.2, 0.25) is 0 Å². The zero-order chi connectivity index (χ0) is 20.8. The molecule has 29 heavy (non-hydrogen) atoms. The zero-order valence-corrected chi connectivity index (χ0v) is 16.0. The molecule has 2 N–H and O–H groups in total. The maximum atomic E-state index is 12.3. The van der Waals surface area contributed by atoms with Gasteiger partial charge in [-0.15, -0.1) is 0 Å². The van der Waals surface area contributed by atoms with E-state index >= 15 is 0 Å². The van der Waals surface area contributed by atoms with Gasteiger partial charge in [-0.3, -0.25) is 9.59 Å². The topological polar surface area (TPSA) is 110 Å². The number of esters is 1. The van der Waals surface area contributed by atoms with Crippen LogP contribution in [0.1, 0.15) is 25.8 Å². The normalized spacial score (nSPS) is 12.8. The van der Waals surface area contributed by atoms with Gasteiger partial charge in [0.15, 0.2) is 18.5 Å². The summed E-state index contributed by atoms with van der Waals surface area (Å²) in [5.74, 6) is -0.324. The van der Waals surface area contributed by atoms with E-state index in [0.717, 1.165) is 0 Å². The number of para-hydroxylation sites is 2. The fraction of sp³-hybridized carbons (Fsp3) is 0.238. The van der Waals surface area contributed by atoms with Gasteiger partial charge in [-0.05, 0) is 38.1 Å². The molecule has 0 aliphatic rings. The first-order valence-corrected chi connectivity index (χ1v) is 9.10. The van der Waals surface area contributed by atoms with E-state index in [4.69, 9.17) is 9.47 Å². The first kappa shape index (κ1) is 20.1. The van der Waals surface area contributed by atoms with E-state index < -0.39 is 24.0 Å². The van der Waals surface area contributed by atoms with Crippen LogP contribution >= 0.6 is 0 Å². The average Bonchev–Trinajstić information content (AvgIpc) is 2.73. The fourth-order valence-electron chi connectivity index (χ4n) is 2.64. The van der Waals surface area contributed by atoms with E-state index in [1.165, 1.54) is 6.92 Å². The van der Waals surface area contributed by atoms with Gasteiger partial charge in [0.1, 0.15) is 11.8 Å². The second-order valence-electron chi connectivity index (χ2n) is 6.44. The summed E-state index contributed by atoms with van der Waals surface area (Å²) in [6.45, 7) is 2.88. The molecule has 2 aromatic carbocycles. The Labute approximate surface area is 166 Å².